The Labute approximate surface area is 97.8 Å². The molecule has 0 saturated carbocycles. The average molecular weight is 226 g/mol. The van der Waals surface area contributed by atoms with E-state index in [1.54, 1.807) is 0 Å². The van der Waals surface area contributed by atoms with E-state index in [1.807, 2.05) is 34.6 Å². The highest BCUT2D eigenvalue weighted by Crippen LogP contribution is 2.50. The summed E-state index contributed by atoms with van der Waals surface area (Å²) in [5, 5.41) is 0. The molecule has 1 atom stereocenters. The van der Waals surface area contributed by atoms with Gasteiger partial charge in [-0.3, -0.25) is 0 Å². The molecule has 0 N–H and O–H groups in total. The van der Waals surface area contributed by atoms with E-state index in [-0.39, 0.29) is 17.0 Å². The van der Waals surface area contributed by atoms with Gasteiger partial charge in [0.25, 0.3) is 0 Å². The Morgan fingerprint density at radius 1 is 1.31 bits per heavy atom. The zero-order valence-electron chi connectivity index (χ0n) is 11.1. The predicted molar refractivity (Wildman–Crippen MR) is 62.9 cm³/mol. The minimum absolute atomic E-state index is 0.248. The van der Waals surface area contributed by atoms with Crippen LogP contribution < -0.4 is 0 Å². The average Bonchev–Trinajstić information content (AvgIpc) is 2.34. The minimum Gasteiger partial charge on any atom is -0.491 e. The maximum Gasteiger partial charge on any atom is 0.338 e. The summed E-state index contributed by atoms with van der Waals surface area (Å²) >= 11 is 0. The predicted octanol–water partition coefficient (Wildman–Crippen LogP) is 3.05. The van der Waals surface area contributed by atoms with Crippen LogP contribution in [0.1, 0.15) is 48.0 Å². The topological polar surface area (TPSA) is 35.5 Å². The lowest BCUT2D eigenvalue weighted by Gasteiger charge is -2.37. The summed E-state index contributed by atoms with van der Waals surface area (Å²) in [7, 11) is 0. The molecule has 1 unspecified atom stereocenters. The highest BCUT2D eigenvalue weighted by Gasteiger charge is 2.53. The number of carbonyl (C=O) groups is 1. The second kappa shape index (κ2) is 4.11. The van der Waals surface area contributed by atoms with Gasteiger partial charge in [0, 0.05) is 5.41 Å². The van der Waals surface area contributed by atoms with Crippen molar-refractivity contribution in [2.75, 3.05) is 6.61 Å². The van der Waals surface area contributed by atoms with E-state index in [1.165, 1.54) is 0 Å². The van der Waals surface area contributed by atoms with Crippen LogP contribution in [-0.2, 0) is 14.3 Å². The Hall–Kier alpha value is -0.990. The molecular formula is C13H22O3. The van der Waals surface area contributed by atoms with E-state index in [0.717, 1.165) is 6.42 Å². The molecule has 16 heavy (non-hydrogen) atoms. The van der Waals surface area contributed by atoms with Crippen molar-refractivity contribution in [1.82, 2.24) is 0 Å². The van der Waals surface area contributed by atoms with Crippen molar-refractivity contribution in [2.45, 2.75) is 53.6 Å². The lowest BCUT2D eigenvalue weighted by Crippen LogP contribution is -2.41. The van der Waals surface area contributed by atoms with Gasteiger partial charge in [-0.05, 0) is 27.2 Å². The van der Waals surface area contributed by atoms with E-state index in [4.69, 9.17) is 9.47 Å². The Kier molecular flexibility index (Phi) is 3.36. The number of esters is 1. The molecule has 92 valence electrons. The van der Waals surface area contributed by atoms with Crippen LogP contribution in [0.4, 0.5) is 0 Å². The van der Waals surface area contributed by atoms with Gasteiger partial charge in [-0.25, -0.2) is 4.79 Å². The molecular weight excluding hydrogens is 204 g/mol. The summed E-state index contributed by atoms with van der Waals surface area (Å²) in [6.45, 7) is 12.3. The summed E-state index contributed by atoms with van der Waals surface area (Å²) < 4.78 is 11.0. The molecule has 1 rings (SSSR count). The molecule has 0 spiro atoms. The first-order chi connectivity index (χ1) is 7.30. The fourth-order valence-corrected chi connectivity index (χ4v) is 2.34. The van der Waals surface area contributed by atoms with Crippen LogP contribution in [0.5, 0.6) is 0 Å². The first kappa shape index (κ1) is 13.1. The van der Waals surface area contributed by atoms with Gasteiger partial charge < -0.3 is 9.47 Å². The highest BCUT2D eigenvalue weighted by atomic mass is 16.5. The highest BCUT2D eigenvalue weighted by molar-refractivity contribution is 5.91. The van der Waals surface area contributed by atoms with Gasteiger partial charge in [0.15, 0.2) is 0 Å². The Morgan fingerprint density at radius 2 is 1.88 bits per heavy atom. The van der Waals surface area contributed by atoms with E-state index < -0.39 is 0 Å². The summed E-state index contributed by atoms with van der Waals surface area (Å²) in [5.41, 5.74) is 0.0516. The zero-order chi connectivity index (χ0) is 12.6. The third-order valence-electron chi connectivity index (χ3n) is 3.83. The second-order valence-corrected chi connectivity index (χ2v) is 4.96. The van der Waals surface area contributed by atoms with Crippen LogP contribution in [0.3, 0.4) is 0 Å². The van der Waals surface area contributed by atoms with E-state index in [2.05, 4.69) is 6.92 Å². The molecule has 0 aromatic carbocycles. The molecule has 0 aromatic heterocycles. The van der Waals surface area contributed by atoms with Gasteiger partial charge in [-0.15, -0.1) is 0 Å². The number of ether oxygens (including phenoxy) is 2. The van der Waals surface area contributed by atoms with E-state index in [0.29, 0.717) is 17.9 Å². The molecule has 0 aliphatic carbocycles. The molecule has 0 radical (unpaired) electrons. The Balaban J connectivity index is 3.10. The molecule has 1 aliphatic heterocycles. The normalized spacial score (nSPS) is 27.9. The third-order valence-corrected chi connectivity index (χ3v) is 3.83. The zero-order valence-corrected chi connectivity index (χ0v) is 11.1. The van der Waals surface area contributed by atoms with Crippen molar-refractivity contribution < 1.29 is 14.3 Å². The van der Waals surface area contributed by atoms with Crippen LogP contribution in [0, 0.1) is 5.41 Å². The monoisotopic (exact) mass is 226 g/mol. The van der Waals surface area contributed by atoms with Gasteiger partial charge in [0.2, 0.25) is 0 Å². The molecule has 0 aromatic rings. The summed E-state index contributed by atoms with van der Waals surface area (Å²) in [4.78, 5) is 11.9. The van der Waals surface area contributed by atoms with Crippen LogP contribution in [0.2, 0.25) is 0 Å². The number of rotatable bonds is 3. The second-order valence-electron chi connectivity index (χ2n) is 4.96. The molecule has 3 heteroatoms. The molecule has 3 nitrogen and oxygen atoms in total. The van der Waals surface area contributed by atoms with Gasteiger partial charge >= 0.3 is 5.97 Å². The smallest absolute Gasteiger partial charge is 0.338 e. The molecule has 0 fully saturated rings. The molecule has 0 saturated heterocycles. The van der Waals surface area contributed by atoms with Gasteiger partial charge in [-0.1, -0.05) is 20.8 Å². The lowest BCUT2D eigenvalue weighted by molar-refractivity contribution is -0.140. The van der Waals surface area contributed by atoms with Crippen molar-refractivity contribution in [1.29, 1.82) is 0 Å². The minimum atomic E-state index is -0.320. The van der Waals surface area contributed by atoms with Crippen molar-refractivity contribution in [3.63, 3.8) is 0 Å². The third kappa shape index (κ3) is 1.72. The van der Waals surface area contributed by atoms with Gasteiger partial charge in [0.05, 0.1) is 12.2 Å². The number of hydrogen-bond acceptors (Lipinski definition) is 3. The van der Waals surface area contributed by atoms with Crippen LogP contribution in [0.15, 0.2) is 11.3 Å². The number of carbonyl (C=O) groups excluding carboxylic acids is 1. The largest absolute Gasteiger partial charge is 0.491 e. The first-order valence-corrected chi connectivity index (χ1v) is 5.87. The fraction of sp³-hybridized carbons (Fsp3) is 0.769. The molecule has 1 aliphatic rings. The van der Waals surface area contributed by atoms with Crippen molar-refractivity contribution in [3.05, 3.63) is 11.3 Å². The van der Waals surface area contributed by atoms with Gasteiger partial charge in [-0.2, -0.15) is 0 Å². The molecule has 1 heterocycles. The summed E-state index contributed by atoms with van der Waals surface area (Å²) in [6.07, 6.45) is 0.861. The Morgan fingerprint density at radius 3 is 2.25 bits per heavy atom. The van der Waals surface area contributed by atoms with E-state index in [9.17, 15) is 4.79 Å². The standard InChI is InChI=1S/C13H22O3/c1-7-13(6)12(4,5)10(9(3)16-13)11(14)15-8-2/h7-8H2,1-6H3. The van der Waals surface area contributed by atoms with Gasteiger partial charge in [0.1, 0.15) is 11.4 Å². The lowest BCUT2D eigenvalue weighted by atomic mass is 9.70. The van der Waals surface area contributed by atoms with Crippen LogP contribution in [0.25, 0.3) is 0 Å². The SMILES string of the molecule is CCOC(=O)C1=C(C)OC(C)(CC)C1(C)C. The quantitative estimate of drug-likeness (QED) is 0.694. The van der Waals surface area contributed by atoms with Crippen LogP contribution in [-0.4, -0.2) is 18.2 Å². The summed E-state index contributed by atoms with van der Waals surface area (Å²) in [5.74, 6) is 0.454. The maximum atomic E-state index is 11.9. The molecule has 0 amide bonds. The maximum absolute atomic E-state index is 11.9. The van der Waals surface area contributed by atoms with Crippen LogP contribution >= 0.6 is 0 Å². The van der Waals surface area contributed by atoms with Crippen molar-refractivity contribution in [2.24, 2.45) is 5.41 Å². The summed E-state index contributed by atoms with van der Waals surface area (Å²) in [6, 6.07) is 0. The number of hydrogen-bond donors (Lipinski definition) is 0. The van der Waals surface area contributed by atoms with E-state index >= 15 is 0 Å². The fourth-order valence-electron chi connectivity index (χ4n) is 2.34. The first-order valence-electron chi connectivity index (χ1n) is 5.87. The van der Waals surface area contributed by atoms with Crippen molar-refractivity contribution >= 4 is 5.97 Å². The van der Waals surface area contributed by atoms with Crippen molar-refractivity contribution in [3.8, 4) is 0 Å². The Bertz CT molecular complexity index is 328. The number of allylic oxidation sites excluding steroid dienone is 1. The molecule has 0 bridgehead atoms.